The molecule has 126 valence electrons. The lowest BCUT2D eigenvalue weighted by atomic mass is 10.1. The molecular weight excluding hydrogens is 364 g/mol. The van der Waals surface area contributed by atoms with Crippen LogP contribution in [0.2, 0.25) is 10.2 Å². The molecule has 25 heavy (non-hydrogen) atoms. The Labute approximate surface area is 153 Å². The van der Waals surface area contributed by atoms with E-state index in [9.17, 15) is 9.65 Å². The Morgan fingerprint density at radius 2 is 2.12 bits per heavy atom. The highest BCUT2D eigenvalue weighted by atomic mass is 35.5. The Kier molecular flexibility index (Phi) is 3.98. The second-order valence-electron chi connectivity index (χ2n) is 5.95. The largest absolute Gasteiger partial charge is 0.369 e. The fourth-order valence-electron chi connectivity index (χ4n) is 2.73. The molecule has 0 aliphatic heterocycles. The molecule has 0 atom stereocenters. The summed E-state index contributed by atoms with van der Waals surface area (Å²) in [5.74, 6) is 0.546. The molecule has 0 bridgehead atoms. The molecule has 3 aromatic rings. The van der Waals surface area contributed by atoms with Gasteiger partial charge in [0.2, 0.25) is 0 Å². The molecule has 2 heterocycles. The van der Waals surface area contributed by atoms with Crippen molar-refractivity contribution in [2.24, 2.45) is 5.92 Å². The maximum absolute atomic E-state index is 14.5. The fraction of sp³-hybridized carbons (Fsp3) is 0.235. The minimum absolute atomic E-state index is 0.0646. The van der Waals surface area contributed by atoms with Gasteiger partial charge in [0.25, 0.3) is 0 Å². The number of nitrogens with one attached hydrogen (secondary N) is 1. The van der Waals surface area contributed by atoms with Crippen molar-refractivity contribution in [2.75, 3.05) is 11.9 Å². The zero-order valence-electron chi connectivity index (χ0n) is 12.9. The Morgan fingerprint density at radius 3 is 2.80 bits per heavy atom. The third-order valence-corrected chi connectivity index (χ3v) is 4.78. The first-order valence-electron chi connectivity index (χ1n) is 7.75. The van der Waals surface area contributed by atoms with Crippen molar-refractivity contribution in [2.45, 2.75) is 12.8 Å². The van der Waals surface area contributed by atoms with Gasteiger partial charge in [0.1, 0.15) is 28.4 Å². The number of nitriles is 1. The van der Waals surface area contributed by atoms with Crippen LogP contribution >= 0.6 is 23.2 Å². The molecule has 5 nitrogen and oxygen atoms in total. The number of hydrogen-bond acceptors (Lipinski definition) is 4. The predicted molar refractivity (Wildman–Crippen MR) is 94.3 cm³/mol. The van der Waals surface area contributed by atoms with Crippen molar-refractivity contribution in [3.05, 3.63) is 46.0 Å². The zero-order chi connectivity index (χ0) is 17.6. The molecule has 2 aromatic heterocycles. The zero-order valence-corrected chi connectivity index (χ0v) is 14.4. The summed E-state index contributed by atoms with van der Waals surface area (Å²) >= 11 is 12.6. The van der Waals surface area contributed by atoms with Crippen LogP contribution < -0.4 is 5.32 Å². The van der Waals surface area contributed by atoms with Crippen LogP contribution in [0.1, 0.15) is 18.4 Å². The first-order valence-corrected chi connectivity index (χ1v) is 8.51. The van der Waals surface area contributed by atoms with Crippen molar-refractivity contribution in [3.63, 3.8) is 0 Å². The number of anilines is 1. The lowest BCUT2D eigenvalue weighted by Gasteiger charge is -2.16. The van der Waals surface area contributed by atoms with Crippen LogP contribution in [-0.4, -0.2) is 21.1 Å². The first kappa shape index (κ1) is 16.1. The Bertz CT molecular complexity index is 1000. The Hall–Kier alpha value is -2.36. The number of aromatic nitrogens is 3. The summed E-state index contributed by atoms with van der Waals surface area (Å²) in [6.07, 6.45) is 3.70. The summed E-state index contributed by atoms with van der Waals surface area (Å²) in [6, 6.07) is 6.47. The molecule has 1 aliphatic rings. The second kappa shape index (κ2) is 6.17. The van der Waals surface area contributed by atoms with Gasteiger partial charge in [-0.3, -0.25) is 0 Å². The van der Waals surface area contributed by atoms with E-state index < -0.39 is 5.82 Å². The van der Waals surface area contributed by atoms with Crippen LogP contribution in [0.4, 0.5) is 10.2 Å². The second-order valence-corrected chi connectivity index (χ2v) is 6.72. The lowest BCUT2D eigenvalue weighted by Crippen LogP contribution is -2.11. The molecule has 1 fully saturated rings. The highest BCUT2D eigenvalue weighted by Gasteiger charge is 2.26. The van der Waals surface area contributed by atoms with Crippen LogP contribution in [0.5, 0.6) is 0 Å². The van der Waals surface area contributed by atoms with Gasteiger partial charge in [-0.1, -0.05) is 29.3 Å². The summed E-state index contributed by atoms with van der Waals surface area (Å²) in [5, 5.41) is 17.0. The first-order chi connectivity index (χ1) is 12.1. The summed E-state index contributed by atoms with van der Waals surface area (Å²) in [7, 11) is 0. The Morgan fingerprint density at radius 1 is 1.32 bits per heavy atom. The number of rotatable bonds is 4. The third kappa shape index (κ3) is 2.80. The van der Waals surface area contributed by atoms with E-state index in [4.69, 9.17) is 23.2 Å². The van der Waals surface area contributed by atoms with Gasteiger partial charge in [0.05, 0.1) is 16.8 Å². The summed E-state index contributed by atoms with van der Waals surface area (Å²) < 4.78 is 16.0. The van der Waals surface area contributed by atoms with Crippen molar-refractivity contribution in [3.8, 4) is 17.2 Å². The molecular formula is C17H12Cl2FN5. The van der Waals surface area contributed by atoms with E-state index in [1.165, 1.54) is 22.8 Å². The molecule has 8 heteroatoms. The van der Waals surface area contributed by atoms with Crippen LogP contribution in [0.3, 0.4) is 0 Å². The smallest absolute Gasteiger partial charge is 0.176 e. The molecule has 0 unspecified atom stereocenters. The standard InChI is InChI=1S/C17H12Cl2FN5/c18-11-2-1-3-12(20)13(11)14-15(19)24-16-10(6-21)8-23-25(16)17(14)22-7-9-4-5-9/h1-3,8-9,22H,4-5,7H2. The number of hydrogen-bond donors (Lipinski definition) is 1. The van der Waals surface area contributed by atoms with E-state index in [1.54, 1.807) is 6.07 Å². The fourth-order valence-corrected chi connectivity index (χ4v) is 3.25. The minimum atomic E-state index is -0.502. The molecule has 1 N–H and O–H groups in total. The van der Waals surface area contributed by atoms with Gasteiger partial charge < -0.3 is 5.32 Å². The molecule has 0 spiro atoms. The maximum atomic E-state index is 14.5. The highest BCUT2D eigenvalue weighted by Crippen LogP contribution is 2.40. The number of fused-ring (bicyclic) bond motifs is 1. The summed E-state index contributed by atoms with van der Waals surface area (Å²) in [4.78, 5) is 4.25. The van der Waals surface area contributed by atoms with Crippen LogP contribution in [0, 0.1) is 23.1 Å². The molecule has 4 rings (SSSR count). The van der Waals surface area contributed by atoms with Gasteiger partial charge in [0, 0.05) is 12.1 Å². The lowest BCUT2D eigenvalue weighted by molar-refractivity contribution is 0.631. The third-order valence-electron chi connectivity index (χ3n) is 4.19. The monoisotopic (exact) mass is 375 g/mol. The molecule has 1 saturated carbocycles. The van der Waals surface area contributed by atoms with Crippen molar-refractivity contribution < 1.29 is 4.39 Å². The predicted octanol–water partition coefficient (Wildman–Crippen LogP) is 4.54. The van der Waals surface area contributed by atoms with Crippen molar-refractivity contribution in [1.29, 1.82) is 5.26 Å². The van der Waals surface area contributed by atoms with Gasteiger partial charge >= 0.3 is 0 Å². The van der Waals surface area contributed by atoms with Gasteiger partial charge in [0.15, 0.2) is 5.65 Å². The van der Waals surface area contributed by atoms with Gasteiger partial charge in [-0.15, -0.1) is 0 Å². The molecule has 1 aromatic carbocycles. The summed E-state index contributed by atoms with van der Waals surface area (Å²) in [6.45, 7) is 0.705. The topological polar surface area (TPSA) is 66.0 Å². The van der Waals surface area contributed by atoms with Crippen molar-refractivity contribution >= 4 is 34.7 Å². The van der Waals surface area contributed by atoms with E-state index in [1.807, 2.05) is 6.07 Å². The average molecular weight is 376 g/mol. The number of nitrogens with zero attached hydrogens (tertiary/aromatic N) is 4. The van der Waals surface area contributed by atoms with E-state index in [0.717, 1.165) is 12.8 Å². The van der Waals surface area contributed by atoms with Gasteiger partial charge in [-0.25, -0.2) is 9.37 Å². The van der Waals surface area contributed by atoms with Gasteiger partial charge in [-0.2, -0.15) is 14.9 Å². The SMILES string of the molecule is N#Cc1cnn2c(NCC3CC3)c(-c3c(F)cccc3Cl)c(Cl)nc12. The maximum Gasteiger partial charge on any atom is 0.176 e. The van der Waals surface area contributed by atoms with E-state index in [2.05, 4.69) is 15.4 Å². The number of halogens is 3. The molecule has 0 amide bonds. The molecule has 0 radical (unpaired) electrons. The Balaban J connectivity index is 2.00. The van der Waals surface area contributed by atoms with Crippen LogP contribution in [-0.2, 0) is 0 Å². The average Bonchev–Trinajstić information content (AvgIpc) is 3.32. The normalized spacial score (nSPS) is 13.8. The van der Waals surface area contributed by atoms with Crippen molar-refractivity contribution in [1.82, 2.24) is 14.6 Å². The van der Waals surface area contributed by atoms with E-state index in [0.29, 0.717) is 35.1 Å². The minimum Gasteiger partial charge on any atom is -0.369 e. The quantitative estimate of drug-likeness (QED) is 0.680. The van der Waals surface area contributed by atoms with Crippen LogP contribution in [0.15, 0.2) is 24.4 Å². The summed E-state index contributed by atoms with van der Waals surface area (Å²) in [5.41, 5.74) is 1.12. The molecule has 0 saturated heterocycles. The van der Waals surface area contributed by atoms with Crippen LogP contribution in [0.25, 0.3) is 16.8 Å². The highest BCUT2D eigenvalue weighted by molar-refractivity contribution is 6.36. The molecule has 1 aliphatic carbocycles. The van der Waals surface area contributed by atoms with E-state index >= 15 is 0 Å². The van der Waals surface area contributed by atoms with Gasteiger partial charge in [-0.05, 0) is 30.9 Å². The van der Waals surface area contributed by atoms with E-state index in [-0.39, 0.29) is 15.7 Å². The number of benzene rings is 1.